The van der Waals surface area contributed by atoms with E-state index in [1.807, 2.05) is 66.3 Å². The van der Waals surface area contributed by atoms with E-state index < -0.39 is 12.0 Å². The summed E-state index contributed by atoms with van der Waals surface area (Å²) in [7, 11) is 1.87. The van der Waals surface area contributed by atoms with Gasteiger partial charge < -0.3 is 10.5 Å². The molecule has 24 heavy (non-hydrogen) atoms. The molecule has 1 amide bonds. The molecule has 0 spiro atoms. The number of primary amides is 1. The minimum atomic E-state index is -0.621. The number of nitrogens with zero attached hydrogens (tertiary/aromatic N) is 1. The molecule has 0 aliphatic carbocycles. The van der Waals surface area contributed by atoms with Crippen LogP contribution in [0.15, 0.2) is 54.7 Å². The molecule has 4 heteroatoms. The minimum Gasteiger partial charge on any atom is -0.431 e. The number of amides is 1. The van der Waals surface area contributed by atoms with Crippen LogP contribution in [0.1, 0.15) is 38.7 Å². The predicted molar refractivity (Wildman–Crippen MR) is 96.6 cm³/mol. The second kappa shape index (κ2) is 11.2. The van der Waals surface area contributed by atoms with Gasteiger partial charge in [-0.1, -0.05) is 57.0 Å². The summed E-state index contributed by atoms with van der Waals surface area (Å²) in [4.78, 5) is 11.5. The summed E-state index contributed by atoms with van der Waals surface area (Å²) in [6, 6.07) is 15.6. The lowest BCUT2D eigenvalue weighted by Crippen LogP contribution is -2.39. The number of benzene rings is 1. The molecule has 0 saturated heterocycles. The fourth-order valence-electron chi connectivity index (χ4n) is 1.98. The number of carbonyl (C=O) groups excluding carboxylic acids is 1. The Morgan fingerprint density at radius 3 is 2.25 bits per heavy atom. The number of aryl methyl sites for hydroxylation is 2. The summed E-state index contributed by atoms with van der Waals surface area (Å²) in [6.07, 6.45) is 5.20. The van der Waals surface area contributed by atoms with Gasteiger partial charge in [-0.15, -0.1) is 0 Å². The van der Waals surface area contributed by atoms with Crippen molar-refractivity contribution in [1.29, 1.82) is 0 Å². The number of ether oxygens (including phenoxy) is 1. The quantitative estimate of drug-likeness (QED) is 0.793. The van der Waals surface area contributed by atoms with Crippen molar-refractivity contribution in [3.8, 4) is 5.88 Å². The van der Waals surface area contributed by atoms with E-state index in [4.69, 9.17) is 10.5 Å². The number of hydrogen-bond donors (Lipinski definition) is 1. The molecule has 4 nitrogen and oxygen atoms in total. The van der Waals surface area contributed by atoms with E-state index >= 15 is 0 Å². The Morgan fingerprint density at radius 2 is 1.71 bits per heavy atom. The van der Waals surface area contributed by atoms with Gasteiger partial charge in [-0.05, 0) is 24.5 Å². The topological polar surface area (TPSA) is 56.2 Å². The van der Waals surface area contributed by atoms with Gasteiger partial charge >= 0.3 is 5.88 Å². The van der Waals surface area contributed by atoms with Crippen LogP contribution in [0.4, 0.5) is 0 Å². The standard InChI is InChI=1S/C16H18N2O2.C4H10/c1-18-12-6-5-9-15(18)20-14(16(17)19)11-10-13-7-3-2-4-8-13;1-3-4-2/h2-9,12,14H,10-11H2,1H3,(H-,17,19);3-4H2,1-2H3/p+1. The zero-order valence-corrected chi connectivity index (χ0v) is 14.9. The highest BCUT2D eigenvalue weighted by Gasteiger charge is 2.20. The Labute approximate surface area is 145 Å². The number of unbranched alkanes of at least 4 members (excludes halogenated alkanes) is 1. The van der Waals surface area contributed by atoms with Gasteiger partial charge in [0.1, 0.15) is 7.05 Å². The lowest BCUT2D eigenvalue weighted by molar-refractivity contribution is -0.677. The highest BCUT2D eigenvalue weighted by molar-refractivity contribution is 5.79. The van der Waals surface area contributed by atoms with E-state index in [0.29, 0.717) is 12.3 Å². The molecule has 1 atom stereocenters. The third-order valence-electron chi connectivity index (χ3n) is 3.63. The van der Waals surface area contributed by atoms with Gasteiger partial charge in [0.05, 0.1) is 6.07 Å². The molecular weight excluding hydrogens is 300 g/mol. The third-order valence-corrected chi connectivity index (χ3v) is 3.63. The Morgan fingerprint density at radius 1 is 1.08 bits per heavy atom. The maximum absolute atomic E-state index is 11.5. The van der Waals surface area contributed by atoms with Crippen LogP contribution in [-0.4, -0.2) is 12.0 Å². The molecule has 1 aromatic carbocycles. The molecule has 130 valence electrons. The van der Waals surface area contributed by atoms with Gasteiger partial charge in [0.2, 0.25) is 0 Å². The molecule has 0 saturated carbocycles. The van der Waals surface area contributed by atoms with Crippen LogP contribution in [0.25, 0.3) is 0 Å². The highest BCUT2D eigenvalue weighted by Crippen LogP contribution is 2.10. The summed E-state index contributed by atoms with van der Waals surface area (Å²) in [5.74, 6) is 0.189. The molecule has 0 aliphatic rings. The predicted octanol–water partition coefficient (Wildman–Crippen LogP) is 3.18. The van der Waals surface area contributed by atoms with Gasteiger partial charge in [0.25, 0.3) is 5.91 Å². The second-order valence-corrected chi connectivity index (χ2v) is 5.68. The molecule has 2 rings (SSSR count). The van der Waals surface area contributed by atoms with Crippen molar-refractivity contribution in [2.24, 2.45) is 12.8 Å². The van der Waals surface area contributed by atoms with E-state index in [2.05, 4.69) is 13.8 Å². The maximum atomic E-state index is 11.5. The van der Waals surface area contributed by atoms with E-state index in [1.54, 1.807) is 0 Å². The van der Waals surface area contributed by atoms with Crippen molar-refractivity contribution >= 4 is 5.91 Å². The fraction of sp³-hybridized carbons (Fsp3) is 0.400. The number of carbonyl (C=O) groups is 1. The highest BCUT2D eigenvalue weighted by atomic mass is 16.5. The zero-order chi connectivity index (χ0) is 17.8. The minimum absolute atomic E-state index is 0.440. The number of rotatable bonds is 7. The van der Waals surface area contributed by atoms with Crippen molar-refractivity contribution in [3.05, 3.63) is 60.3 Å². The van der Waals surface area contributed by atoms with Gasteiger partial charge in [-0.2, -0.15) is 4.57 Å². The zero-order valence-electron chi connectivity index (χ0n) is 14.9. The van der Waals surface area contributed by atoms with Crippen LogP contribution in [0.5, 0.6) is 5.88 Å². The van der Waals surface area contributed by atoms with Crippen molar-refractivity contribution in [1.82, 2.24) is 0 Å². The first-order valence-corrected chi connectivity index (χ1v) is 8.53. The number of hydrogen-bond acceptors (Lipinski definition) is 2. The summed E-state index contributed by atoms with van der Waals surface area (Å²) in [6.45, 7) is 4.36. The van der Waals surface area contributed by atoms with Crippen molar-refractivity contribution in [2.45, 2.75) is 45.6 Å². The number of nitrogens with two attached hydrogens (primary N) is 1. The SMILES string of the molecule is CCCC.C[n+]1ccccc1OC(CCc1ccccc1)C(N)=O. The molecule has 0 radical (unpaired) electrons. The van der Waals surface area contributed by atoms with Crippen LogP contribution in [-0.2, 0) is 18.3 Å². The Bertz CT molecular complexity index is 598. The Balaban J connectivity index is 0.000000648. The van der Waals surface area contributed by atoms with Crippen LogP contribution >= 0.6 is 0 Å². The van der Waals surface area contributed by atoms with Gasteiger partial charge in [0.15, 0.2) is 12.3 Å². The monoisotopic (exact) mass is 329 g/mol. The average Bonchev–Trinajstić information content (AvgIpc) is 2.61. The molecule has 1 unspecified atom stereocenters. The third kappa shape index (κ3) is 7.27. The van der Waals surface area contributed by atoms with Crippen molar-refractivity contribution in [2.75, 3.05) is 0 Å². The van der Waals surface area contributed by atoms with E-state index in [1.165, 1.54) is 18.4 Å². The van der Waals surface area contributed by atoms with E-state index in [0.717, 1.165) is 6.42 Å². The van der Waals surface area contributed by atoms with Crippen molar-refractivity contribution < 1.29 is 14.1 Å². The van der Waals surface area contributed by atoms with Gasteiger partial charge in [0, 0.05) is 6.07 Å². The first-order valence-electron chi connectivity index (χ1n) is 8.53. The van der Waals surface area contributed by atoms with Gasteiger partial charge in [-0.3, -0.25) is 4.79 Å². The molecule has 0 fully saturated rings. The molecular formula is C20H29N2O2+. The van der Waals surface area contributed by atoms with Crippen LogP contribution in [0, 0.1) is 0 Å². The summed E-state index contributed by atoms with van der Waals surface area (Å²) in [5, 5.41) is 0. The summed E-state index contributed by atoms with van der Waals surface area (Å²) >= 11 is 0. The molecule has 1 heterocycles. The van der Waals surface area contributed by atoms with E-state index in [-0.39, 0.29) is 0 Å². The molecule has 2 N–H and O–H groups in total. The fourth-order valence-corrected chi connectivity index (χ4v) is 1.98. The molecule has 0 aliphatic heterocycles. The normalized spacial score (nSPS) is 11.1. The molecule has 0 bridgehead atoms. The first kappa shape index (κ1) is 19.7. The lowest BCUT2D eigenvalue weighted by atomic mass is 10.1. The maximum Gasteiger partial charge on any atom is 0.368 e. The van der Waals surface area contributed by atoms with Crippen LogP contribution < -0.4 is 15.0 Å². The van der Waals surface area contributed by atoms with Crippen LogP contribution in [0.2, 0.25) is 0 Å². The van der Waals surface area contributed by atoms with Crippen molar-refractivity contribution in [3.63, 3.8) is 0 Å². The lowest BCUT2D eigenvalue weighted by Gasteiger charge is -2.13. The van der Waals surface area contributed by atoms with Gasteiger partial charge in [-0.25, -0.2) is 0 Å². The molecule has 1 aromatic heterocycles. The summed E-state index contributed by atoms with van der Waals surface area (Å²) in [5.41, 5.74) is 6.59. The molecule has 2 aromatic rings. The first-order chi connectivity index (χ1) is 11.6. The Hall–Kier alpha value is -2.36. The smallest absolute Gasteiger partial charge is 0.368 e. The van der Waals surface area contributed by atoms with E-state index in [9.17, 15) is 4.79 Å². The second-order valence-electron chi connectivity index (χ2n) is 5.68. The summed E-state index contributed by atoms with van der Waals surface area (Å²) < 4.78 is 7.53. The number of pyridine rings is 1. The van der Waals surface area contributed by atoms with Crippen LogP contribution in [0.3, 0.4) is 0 Å². The largest absolute Gasteiger partial charge is 0.431 e. The Kier molecular flexibility index (Phi) is 9.20. The number of aromatic nitrogens is 1. The average molecular weight is 329 g/mol.